The highest BCUT2D eigenvalue weighted by Gasteiger charge is 2.23. The van der Waals surface area contributed by atoms with Crippen molar-refractivity contribution in [2.75, 3.05) is 0 Å². The second kappa shape index (κ2) is 12.2. The summed E-state index contributed by atoms with van der Waals surface area (Å²) >= 11 is 0. The van der Waals surface area contributed by atoms with Gasteiger partial charge in [-0.15, -0.1) is 0 Å². The molecule has 1 aliphatic rings. The molecular weight excluding hydrogens is 661 g/mol. The molecule has 0 saturated heterocycles. The highest BCUT2D eigenvalue weighted by Crippen LogP contribution is 2.43. The summed E-state index contributed by atoms with van der Waals surface area (Å²) in [4.78, 5) is 15.5. The number of hydrogen-bond donors (Lipinski definition) is 0. The molecule has 0 N–H and O–H groups in total. The van der Waals surface area contributed by atoms with Crippen molar-refractivity contribution < 1.29 is 4.42 Å². The molecule has 254 valence electrons. The first-order valence-electron chi connectivity index (χ1n) is 18.4. The highest BCUT2D eigenvalue weighted by atomic mass is 16.3. The predicted octanol–water partition coefficient (Wildman–Crippen LogP) is 12.8. The average Bonchev–Trinajstić information content (AvgIpc) is 3.79. The fourth-order valence-electron chi connectivity index (χ4n) is 8.10. The number of furan rings is 1. The van der Waals surface area contributed by atoms with Gasteiger partial charge in [-0.25, -0.2) is 15.0 Å². The molecule has 0 spiro atoms. The van der Waals surface area contributed by atoms with Crippen molar-refractivity contribution in [1.82, 2.24) is 19.5 Å². The lowest BCUT2D eigenvalue weighted by atomic mass is 9.98. The second-order valence-electron chi connectivity index (χ2n) is 13.9. The number of hydrogen-bond acceptors (Lipinski definition) is 4. The van der Waals surface area contributed by atoms with Crippen LogP contribution in [0.5, 0.6) is 0 Å². The van der Waals surface area contributed by atoms with Gasteiger partial charge in [0.25, 0.3) is 0 Å². The van der Waals surface area contributed by atoms with Crippen LogP contribution < -0.4 is 0 Å². The SMILES string of the molecule is C1=CC(c2cccc(-c3nc(-c4ccccc4)nc(-c4ccc(-n5c6ccccc6c6cc7ccccc7cc65)c5oc6ccccc6c45)n3)c2)=CCC1. The maximum Gasteiger partial charge on any atom is 0.164 e. The molecule has 0 bridgehead atoms. The largest absolute Gasteiger partial charge is 0.454 e. The van der Waals surface area contributed by atoms with Gasteiger partial charge in [-0.05, 0) is 77.2 Å². The Hall–Kier alpha value is -7.11. The van der Waals surface area contributed by atoms with E-state index >= 15 is 0 Å². The molecule has 5 heteroatoms. The molecule has 54 heavy (non-hydrogen) atoms. The van der Waals surface area contributed by atoms with Crippen LogP contribution in [0.4, 0.5) is 0 Å². The Morgan fingerprint density at radius 2 is 1.20 bits per heavy atom. The molecule has 0 saturated carbocycles. The van der Waals surface area contributed by atoms with Gasteiger partial charge in [-0.2, -0.15) is 0 Å². The smallest absolute Gasteiger partial charge is 0.164 e. The van der Waals surface area contributed by atoms with Crippen molar-refractivity contribution in [3.05, 3.63) is 175 Å². The first-order valence-corrected chi connectivity index (χ1v) is 18.4. The van der Waals surface area contributed by atoms with E-state index in [-0.39, 0.29) is 0 Å². The molecule has 3 aromatic heterocycles. The fourth-order valence-corrected chi connectivity index (χ4v) is 8.10. The van der Waals surface area contributed by atoms with Gasteiger partial charge in [0.15, 0.2) is 23.1 Å². The van der Waals surface area contributed by atoms with E-state index < -0.39 is 0 Å². The summed E-state index contributed by atoms with van der Waals surface area (Å²) in [6.45, 7) is 0. The van der Waals surface area contributed by atoms with Crippen molar-refractivity contribution in [2.24, 2.45) is 0 Å². The van der Waals surface area contributed by atoms with Crippen molar-refractivity contribution in [3.63, 3.8) is 0 Å². The first kappa shape index (κ1) is 30.5. The molecule has 3 heterocycles. The highest BCUT2D eigenvalue weighted by molar-refractivity contribution is 6.17. The number of allylic oxidation sites excluding steroid dienone is 4. The zero-order valence-corrected chi connectivity index (χ0v) is 29.3. The number of para-hydroxylation sites is 2. The molecule has 0 amide bonds. The van der Waals surface area contributed by atoms with Gasteiger partial charge in [0, 0.05) is 38.2 Å². The van der Waals surface area contributed by atoms with Gasteiger partial charge in [0.1, 0.15) is 5.58 Å². The number of aromatic nitrogens is 4. The van der Waals surface area contributed by atoms with E-state index in [1.807, 2.05) is 30.3 Å². The molecule has 1 aliphatic carbocycles. The monoisotopic (exact) mass is 692 g/mol. The van der Waals surface area contributed by atoms with Crippen LogP contribution in [-0.2, 0) is 0 Å². The van der Waals surface area contributed by atoms with Gasteiger partial charge in [-0.3, -0.25) is 0 Å². The van der Waals surface area contributed by atoms with E-state index in [0.717, 1.165) is 73.8 Å². The van der Waals surface area contributed by atoms with Gasteiger partial charge in [0.05, 0.1) is 16.7 Å². The summed E-state index contributed by atoms with van der Waals surface area (Å²) < 4.78 is 9.21. The molecular formula is C49H32N4O. The molecule has 0 aliphatic heterocycles. The molecule has 0 unspecified atom stereocenters. The van der Waals surface area contributed by atoms with Gasteiger partial charge in [0.2, 0.25) is 0 Å². The van der Waals surface area contributed by atoms with Crippen molar-refractivity contribution in [2.45, 2.75) is 12.8 Å². The Morgan fingerprint density at radius 3 is 2.06 bits per heavy atom. The third kappa shape index (κ3) is 4.90. The Kier molecular flexibility index (Phi) is 6.92. The van der Waals surface area contributed by atoms with Crippen LogP contribution in [0.25, 0.3) is 99.9 Å². The summed E-state index contributed by atoms with van der Waals surface area (Å²) in [5.41, 5.74) is 9.94. The Labute approximate surface area is 311 Å². The topological polar surface area (TPSA) is 56.7 Å². The zero-order chi connectivity index (χ0) is 35.6. The number of benzene rings is 7. The Balaban J connectivity index is 1.18. The van der Waals surface area contributed by atoms with Crippen LogP contribution >= 0.6 is 0 Å². The van der Waals surface area contributed by atoms with Crippen LogP contribution in [0, 0.1) is 0 Å². The van der Waals surface area contributed by atoms with E-state index in [4.69, 9.17) is 19.4 Å². The normalized spacial score (nSPS) is 13.1. The Morgan fingerprint density at radius 1 is 0.500 bits per heavy atom. The van der Waals surface area contributed by atoms with Crippen LogP contribution in [0.1, 0.15) is 18.4 Å². The Bertz CT molecular complexity index is 3170. The summed E-state index contributed by atoms with van der Waals surface area (Å²) in [5, 5.41) is 6.79. The van der Waals surface area contributed by atoms with E-state index in [1.54, 1.807) is 0 Å². The van der Waals surface area contributed by atoms with Gasteiger partial charge < -0.3 is 8.98 Å². The lowest BCUT2D eigenvalue weighted by Gasteiger charge is -2.13. The number of nitrogens with zero attached hydrogens (tertiary/aromatic N) is 4. The lowest BCUT2D eigenvalue weighted by molar-refractivity contribution is 0.666. The maximum absolute atomic E-state index is 6.86. The zero-order valence-electron chi connectivity index (χ0n) is 29.3. The van der Waals surface area contributed by atoms with Crippen LogP contribution in [0.3, 0.4) is 0 Å². The van der Waals surface area contributed by atoms with E-state index in [1.165, 1.54) is 27.1 Å². The first-order chi connectivity index (χ1) is 26.8. The van der Waals surface area contributed by atoms with Crippen LogP contribution in [0.2, 0.25) is 0 Å². The maximum atomic E-state index is 6.86. The molecule has 0 fully saturated rings. The fraction of sp³-hybridized carbons (Fsp3) is 0.0408. The average molecular weight is 693 g/mol. The molecule has 10 aromatic rings. The summed E-state index contributed by atoms with van der Waals surface area (Å²) in [6.07, 6.45) is 8.86. The van der Waals surface area contributed by atoms with Crippen LogP contribution in [0.15, 0.2) is 174 Å². The van der Waals surface area contributed by atoms with Crippen molar-refractivity contribution in [3.8, 4) is 39.9 Å². The quantitative estimate of drug-likeness (QED) is 0.180. The standard InChI is InChI=1S/C49H32N4O/c1-3-14-31(15-4-1)33-20-13-21-36(28-33)48-50-47(32-16-5-2-6-17-32)51-49(52-48)39-26-27-42(46-45(39)38-23-10-12-25-44(38)54-46)53-41-24-11-9-22-37(41)40-29-34-18-7-8-19-35(34)30-43(40)53/h2-3,5-30H,1,4H2. The molecule has 0 atom stereocenters. The van der Waals surface area contributed by atoms with Gasteiger partial charge in [-0.1, -0.05) is 127 Å². The second-order valence-corrected chi connectivity index (χ2v) is 13.9. The van der Waals surface area contributed by atoms with E-state index in [9.17, 15) is 0 Å². The predicted molar refractivity (Wildman–Crippen MR) is 222 cm³/mol. The van der Waals surface area contributed by atoms with Crippen molar-refractivity contribution in [1.29, 1.82) is 0 Å². The summed E-state index contributed by atoms with van der Waals surface area (Å²) in [7, 11) is 0. The third-order valence-electron chi connectivity index (χ3n) is 10.6. The van der Waals surface area contributed by atoms with E-state index in [2.05, 4.69) is 144 Å². The summed E-state index contributed by atoms with van der Waals surface area (Å²) in [6, 6.07) is 53.0. The number of fused-ring (bicyclic) bond motifs is 7. The molecule has 0 radical (unpaired) electrons. The van der Waals surface area contributed by atoms with Crippen molar-refractivity contribution >= 4 is 60.1 Å². The number of rotatable bonds is 5. The van der Waals surface area contributed by atoms with E-state index in [0.29, 0.717) is 17.5 Å². The van der Waals surface area contributed by atoms with Gasteiger partial charge >= 0.3 is 0 Å². The molecule has 5 nitrogen and oxygen atoms in total. The van der Waals surface area contributed by atoms with Crippen LogP contribution in [-0.4, -0.2) is 19.5 Å². The molecule has 7 aromatic carbocycles. The molecule has 11 rings (SSSR count). The minimum atomic E-state index is 0.595. The third-order valence-corrected chi connectivity index (χ3v) is 10.6. The minimum Gasteiger partial charge on any atom is -0.454 e. The minimum absolute atomic E-state index is 0.595. The summed E-state index contributed by atoms with van der Waals surface area (Å²) in [5.74, 6) is 1.84. The lowest BCUT2D eigenvalue weighted by Crippen LogP contribution is -2.01.